The van der Waals surface area contributed by atoms with Gasteiger partial charge in [0.15, 0.2) is 0 Å². The SMILES string of the molecule is C[C@@H](NC(=O)C1CCC(NS(=O)(=O)c2ccc3cc(-c4ccccc4)[nH]c3c2)CC1)c1ccccn1. The molecule has 1 saturated carbocycles. The topological polar surface area (TPSA) is 104 Å². The smallest absolute Gasteiger partial charge is 0.240 e. The Morgan fingerprint density at radius 1 is 0.972 bits per heavy atom. The molecule has 2 aromatic carbocycles. The summed E-state index contributed by atoms with van der Waals surface area (Å²) in [6, 6.07) is 22.4. The number of nitrogens with one attached hydrogen (secondary N) is 3. The molecule has 1 amide bonds. The normalized spacial score (nSPS) is 19.1. The maximum Gasteiger partial charge on any atom is 0.240 e. The van der Waals surface area contributed by atoms with E-state index in [1.54, 1.807) is 18.3 Å². The van der Waals surface area contributed by atoms with Gasteiger partial charge in [-0.25, -0.2) is 13.1 Å². The Balaban J connectivity index is 1.20. The van der Waals surface area contributed by atoms with E-state index in [1.807, 2.05) is 67.6 Å². The molecular weight excluding hydrogens is 472 g/mol. The lowest BCUT2D eigenvalue weighted by Gasteiger charge is -2.29. The molecule has 0 spiro atoms. The molecular formula is C28H30N4O3S. The zero-order valence-electron chi connectivity index (χ0n) is 20.1. The number of benzene rings is 2. The van der Waals surface area contributed by atoms with Crippen molar-refractivity contribution < 1.29 is 13.2 Å². The molecule has 2 aromatic heterocycles. The van der Waals surface area contributed by atoms with Crippen molar-refractivity contribution in [1.82, 2.24) is 20.0 Å². The Kier molecular flexibility index (Phi) is 6.89. The first-order chi connectivity index (χ1) is 17.4. The van der Waals surface area contributed by atoms with Crippen molar-refractivity contribution in [3.05, 3.63) is 84.7 Å². The molecule has 36 heavy (non-hydrogen) atoms. The van der Waals surface area contributed by atoms with Crippen LogP contribution in [0.3, 0.4) is 0 Å². The summed E-state index contributed by atoms with van der Waals surface area (Å²) < 4.78 is 29.1. The fourth-order valence-electron chi connectivity index (χ4n) is 4.84. The summed E-state index contributed by atoms with van der Waals surface area (Å²) in [6.45, 7) is 1.92. The predicted molar refractivity (Wildman–Crippen MR) is 141 cm³/mol. The van der Waals surface area contributed by atoms with Gasteiger partial charge in [-0.15, -0.1) is 0 Å². The molecule has 1 fully saturated rings. The molecule has 186 valence electrons. The van der Waals surface area contributed by atoms with Gasteiger partial charge in [-0.3, -0.25) is 9.78 Å². The lowest BCUT2D eigenvalue weighted by Crippen LogP contribution is -2.41. The number of hydrogen-bond acceptors (Lipinski definition) is 4. The molecule has 3 N–H and O–H groups in total. The van der Waals surface area contributed by atoms with Crippen LogP contribution in [-0.4, -0.2) is 30.3 Å². The fourth-order valence-corrected chi connectivity index (χ4v) is 6.18. The maximum atomic E-state index is 13.1. The summed E-state index contributed by atoms with van der Waals surface area (Å²) in [7, 11) is -3.68. The standard InChI is InChI=1S/C28H30N4O3S/c1-19(25-9-5-6-16-29-25)30-28(33)21-10-13-23(14-11-21)32-36(34,35)24-15-12-22-17-26(31-27(22)18-24)20-7-3-2-4-8-20/h2-9,12,15-19,21,23,31-32H,10-11,13-14H2,1H3,(H,30,33)/t19-,21?,23?/m1/s1. The number of sulfonamides is 1. The highest BCUT2D eigenvalue weighted by Gasteiger charge is 2.30. The summed E-state index contributed by atoms with van der Waals surface area (Å²) in [6.07, 6.45) is 4.25. The van der Waals surface area contributed by atoms with E-state index in [0.29, 0.717) is 25.7 Å². The van der Waals surface area contributed by atoms with Crippen molar-refractivity contribution in [3.8, 4) is 11.3 Å². The quantitative estimate of drug-likeness (QED) is 0.333. The lowest BCUT2D eigenvalue weighted by molar-refractivity contribution is -0.126. The van der Waals surface area contributed by atoms with Crippen molar-refractivity contribution in [2.75, 3.05) is 0 Å². The van der Waals surface area contributed by atoms with Crippen LogP contribution in [0.1, 0.15) is 44.3 Å². The van der Waals surface area contributed by atoms with Gasteiger partial charge in [-0.2, -0.15) is 0 Å². The zero-order chi connectivity index (χ0) is 25.1. The van der Waals surface area contributed by atoms with Gasteiger partial charge in [0, 0.05) is 34.8 Å². The number of carbonyl (C=O) groups is 1. The van der Waals surface area contributed by atoms with Crippen LogP contribution >= 0.6 is 0 Å². The molecule has 1 aliphatic carbocycles. The van der Waals surface area contributed by atoms with Gasteiger partial charge >= 0.3 is 0 Å². The first-order valence-corrected chi connectivity index (χ1v) is 13.8. The number of pyridine rings is 1. The number of H-pyrrole nitrogens is 1. The van der Waals surface area contributed by atoms with Crippen LogP contribution in [0.2, 0.25) is 0 Å². The van der Waals surface area contributed by atoms with Gasteiger partial charge in [0.05, 0.1) is 16.6 Å². The van der Waals surface area contributed by atoms with Crippen molar-refractivity contribution in [2.24, 2.45) is 5.92 Å². The second-order valence-corrected chi connectivity index (χ2v) is 11.2. The highest BCUT2D eigenvalue weighted by atomic mass is 32.2. The monoisotopic (exact) mass is 502 g/mol. The molecule has 1 aliphatic rings. The summed E-state index contributed by atoms with van der Waals surface area (Å²) in [4.78, 5) is 20.6. The van der Waals surface area contributed by atoms with E-state index >= 15 is 0 Å². The summed E-state index contributed by atoms with van der Waals surface area (Å²) in [5.41, 5.74) is 3.59. The molecule has 7 nitrogen and oxygen atoms in total. The summed E-state index contributed by atoms with van der Waals surface area (Å²) in [5.74, 6) is -0.121. The molecule has 0 unspecified atom stereocenters. The Hall–Kier alpha value is -3.49. The number of nitrogens with zero attached hydrogens (tertiary/aromatic N) is 1. The van der Waals surface area contributed by atoms with Gasteiger partial charge in [-0.1, -0.05) is 42.5 Å². The Labute approximate surface area is 211 Å². The minimum atomic E-state index is -3.68. The molecule has 0 aliphatic heterocycles. The van der Waals surface area contributed by atoms with Crippen LogP contribution < -0.4 is 10.0 Å². The largest absolute Gasteiger partial charge is 0.354 e. The van der Waals surface area contributed by atoms with Crippen LogP contribution in [0.25, 0.3) is 22.2 Å². The molecule has 5 rings (SSSR count). The van der Waals surface area contributed by atoms with Crippen LogP contribution in [0, 0.1) is 5.92 Å². The number of fused-ring (bicyclic) bond motifs is 1. The van der Waals surface area contributed by atoms with Gasteiger partial charge in [-0.05, 0) is 68.5 Å². The van der Waals surface area contributed by atoms with Gasteiger partial charge in [0.1, 0.15) is 0 Å². The molecule has 2 heterocycles. The average Bonchev–Trinajstić information content (AvgIpc) is 3.33. The summed E-state index contributed by atoms with van der Waals surface area (Å²) in [5, 5.41) is 4.00. The first-order valence-electron chi connectivity index (χ1n) is 12.3. The van der Waals surface area contributed by atoms with Crippen molar-refractivity contribution in [1.29, 1.82) is 0 Å². The number of rotatable bonds is 7. The second kappa shape index (κ2) is 10.2. The van der Waals surface area contributed by atoms with Gasteiger partial charge in [0.25, 0.3) is 0 Å². The van der Waals surface area contributed by atoms with Crippen molar-refractivity contribution >= 4 is 26.8 Å². The fraction of sp³-hybridized carbons (Fsp3) is 0.286. The minimum absolute atomic E-state index is 0.000812. The Bertz CT molecular complexity index is 1440. The Morgan fingerprint density at radius 2 is 1.72 bits per heavy atom. The first kappa shape index (κ1) is 24.2. The number of carbonyl (C=O) groups excluding carboxylic acids is 1. The molecule has 8 heteroatoms. The third-order valence-corrected chi connectivity index (χ3v) is 8.42. The molecule has 0 saturated heterocycles. The average molecular weight is 503 g/mol. The zero-order valence-corrected chi connectivity index (χ0v) is 21.0. The van der Waals surface area contributed by atoms with E-state index in [-0.39, 0.29) is 28.8 Å². The predicted octanol–water partition coefficient (Wildman–Crippen LogP) is 4.94. The van der Waals surface area contributed by atoms with E-state index in [1.165, 1.54) is 0 Å². The number of aromatic amines is 1. The number of hydrogen-bond donors (Lipinski definition) is 3. The maximum absolute atomic E-state index is 13.1. The van der Waals surface area contributed by atoms with Crippen LogP contribution in [0.4, 0.5) is 0 Å². The molecule has 0 radical (unpaired) electrons. The van der Waals surface area contributed by atoms with Crippen molar-refractivity contribution in [2.45, 2.75) is 49.6 Å². The van der Waals surface area contributed by atoms with Crippen LogP contribution in [0.5, 0.6) is 0 Å². The minimum Gasteiger partial charge on any atom is -0.354 e. The van der Waals surface area contributed by atoms with E-state index in [9.17, 15) is 13.2 Å². The van der Waals surface area contributed by atoms with Gasteiger partial charge < -0.3 is 10.3 Å². The molecule has 4 aromatic rings. The van der Waals surface area contributed by atoms with E-state index < -0.39 is 10.0 Å². The van der Waals surface area contributed by atoms with E-state index in [4.69, 9.17) is 0 Å². The highest BCUT2D eigenvalue weighted by molar-refractivity contribution is 7.89. The number of aromatic nitrogens is 2. The second-order valence-electron chi connectivity index (χ2n) is 9.45. The van der Waals surface area contributed by atoms with Crippen LogP contribution in [-0.2, 0) is 14.8 Å². The van der Waals surface area contributed by atoms with Crippen LogP contribution in [0.15, 0.2) is 83.9 Å². The molecule has 1 atom stereocenters. The van der Waals surface area contributed by atoms with E-state index in [0.717, 1.165) is 27.9 Å². The Morgan fingerprint density at radius 3 is 2.44 bits per heavy atom. The van der Waals surface area contributed by atoms with Gasteiger partial charge in [0.2, 0.25) is 15.9 Å². The third kappa shape index (κ3) is 5.34. The van der Waals surface area contributed by atoms with Crippen molar-refractivity contribution in [3.63, 3.8) is 0 Å². The molecule has 0 bridgehead atoms. The lowest BCUT2D eigenvalue weighted by atomic mass is 9.86. The highest BCUT2D eigenvalue weighted by Crippen LogP contribution is 2.28. The summed E-state index contributed by atoms with van der Waals surface area (Å²) >= 11 is 0. The number of amides is 1. The van der Waals surface area contributed by atoms with E-state index in [2.05, 4.69) is 20.0 Å². The third-order valence-electron chi connectivity index (χ3n) is 6.90.